The third-order valence-electron chi connectivity index (χ3n) is 2.54. The summed E-state index contributed by atoms with van der Waals surface area (Å²) in [5.74, 6) is -3.65. The largest absolute Gasteiger partial charge is 2.00 e. The minimum Gasteiger partial charge on any atom is -0.686 e. The molecule has 0 bridgehead atoms. The first-order valence-electron chi connectivity index (χ1n) is 5.78. The van der Waals surface area contributed by atoms with Gasteiger partial charge in [-0.25, -0.2) is 9.59 Å². The summed E-state index contributed by atoms with van der Waals surface area (Å²) in [6, 6.07) is 0.406. The number of rotatable bonds is 1. The van der Waals surface area contributed by atoms with E-state index in [9.17, 15) is 0 Å². The van der Waals surface area contributed by atoms with Crippen LogP contribution in [0.3, 0.4) is 0 Å². The zero-order valence-electron chi connectivity index (χ0n) is 10.8. The van der Waals surface area contributed by atoms with E-state index in [2.05, 4.69) is 28.9 Å². The topological polar surface area (TPSA) is 136 Å². The van der Waals surface area contributed by atoms with Crippen LogP contribution in [0.15, 0.2) is 23.9 Å². The Morgan fingerprint density at radius 1 is 1.20 bits per heavy atom. The monoisotopic (exact) mass is 334 g/mol. The molecule has 1 unspecified atom stereocenters. The summed E-state index contributed by atoms with van der Waals surface area (Å²) >= 11 is 0. The van der Waals surface area contributed by atoms with Crippen molar-refractivity contribution in [3.8, 4) is 0 Å². The van der Waals surface area contributed by atoms with E-state index in [0.717, 1.165) is 13.1 Å². The molecular weight excluding hydrogens is 316 g/mol. The third kappa shape index (κ3) is 7.96. The van der Waals surface area contributed by atoms with Gasteiger partial charge in [0.05, 0.1) is 0 Å². The molecule has 0 aromatic carbocycles. The van der Waals surface area contributed by atoms with Gasteiger partial charge in [0.1, 0.15) is 0 Å². The number of carbonyl (C=O) groups is 2. The van der Waals surface area contributed by atoms with Crippen LogP contribution in [-0.4, -0.2) is 41.3 Å². The minimum atomic E-state index is -1.82. The van der Waals surface area contributed by atoms with Gasteiger partial charge in [-0.1, -0.05) is 31.4 Å². The number of allylic oxidation sites excluding steroid dienone is 2. The van der Waals surface area contributed by atoms with Gasteiger partial charge in [0.2, 0.25) is 0 Å². The molecule has 20 heavy (non-hydrogen) atoms. The van der Waals surface area contributed by atoms with Crippen molar-refractivity contribution >= 4 is 11.9 Å². The molecule has 2 rings (SSSR count). The Balaban J connectivity index is 0. The smallest absolute Gasteiger partial charge is 0.686 e. The maximum absolute atomic E-state index is 9.10. The maximum Gasteiger partial charge on any atom is 2.00 e. The Morgan fingerprint density at radius 2 is 1.85 bits per heavy atom. The molecule has 2 aliphatic rings. The van der Waals surface area contributed by atoms with E-state index in [4.69, 9.17) is 19.8 Å². The number of aliphatic carboxylic acids is 2. The van der Waals surface area contributed by atoms with Crippen LogP contribution in [-0.2, 0) is 32.1 Å². The Bertz CT molecular complexity index is 353. The molecule has 1 fully saturated rings. The Kier molecular flexibility index (Phi) is 12.0. The summed E-state index contributed by atoms with van der Waals surface area (Å²) in [5.41, 5.74) is 1.19. The summed E-state index contributed by atoms with van der Waals surface area (Å²) in [7, 11) is 0. The van der Waals surface area contributed by atoms with Crippen molar-refractivity contribution in [1.29, 1.82) is 0 Å². The normalized spacial score (nSPS) is 19.8. The van der Waals surface area contributed by atoms with E-state index in [-0.39, 0.29) is 22.5 Å². The first kappa shape index (κ1) is 21.0. The Morgan fingerprint density at radius 3 is 2.25 bits per heavy atom. The van der Waals surface area contributed by atoms with E-state index in [1.54, 1.807) is 0 Å². The van der Waals surface area contributed by atoms with Gasteiger partial charge in [-0.15, -0.1) is 25.2 Å². The number of carboxylic acid groups (broad SMARTS) is 2. The second-order valence-electron chi connectivity index (χ2n) is 3.89. The molecule has 1 radical (unpaired) electrons. The molecule has 0 spiro atoms. The first-order chi connectivity index (χ1) is 8.61. The predicted octanol–water partition coefficient (Wildman–Crippen LogP) is 0.971. The molecule has 8 heteroatoms. The van der Waals surface area contributed by atoms with Gasteiger partial charge in [0.15, 0.2) is 0 Å². The summed E-state index contributed by atoms with van der Waals surface area (Å²) in [4.78, 5) is 18.2. The molecule has 117 valence electrons. The van der Waals surface area contributed by atoms with Crippen LogP contribution in [0.2, 0.25) is 0 Å². The van der Waals surface area contributed by atoms with Crippen molar-refractivity contribution in [2.24, 2.45) is 0 Å². The molecule has 0 aromatic heterocycles. The summed E-state index contributed by atoms with van der Waals surface area (Å²) in [5, 5.41) is 23.8. The molecule has 5 N–H and O–H groups in total. The number of hydrogen-bond donors (Lipinski definition) is 2. The summed E-state index contributed by atoms with van der Waals surface area (Å²) in [6.07, 6.45) is 10.0. The number of nitrogens with zero attached hydrogens (tertiary/aromatic N) is 2. The van der Waals surface area contributed by atoms with Crippen molar-refractivity contribution < 1.29 is 42.3 Å². The van der Waals surface area contributed by atoms with Gasteiger partial charge in [-0.3, -0.25) is 0 Å². The summed E-state index contributed by atoms with van der Waals surface area (Å²) in [6.45, 7) is 1.87. The van der Waals surface area contributed by atoms with Gasteiger partial charge in [-0.2, -0.15) is 5.70 Å². The van der Waals surface area contributed by atoms with Crippen molar-refractivity contribution in [3.63, 3.8) is 0 Å². The zero-order chi connectivity index (χ0) is 13.4. The molecule has 2 aliphatic heterocycles. The first-order valence-corrected chi connectivity index (χ1v) is 5.78. The van der Waals surface area contributed by atoms with Gasteiger partial charge >= 0.3 is 29.0 Å². The van der Waals surface area contributed by atoms with Crippen LogP contribution < -0.4 is 0 Å². The molecule has 0 amide bonds. The van der Waals surface area contributed by atoms with Gasteiger partial charge in [0, 0.05) is 0 Å². The van der Waals surface area contributed by atoms with E-state index >= 15 is 0 Å². The Hall–Kier alpha value is -1.34. The van der Waals surface area contributed by atoms with Gasteiger partial charge < -0.3 is 26.3 Å². The van der Waals surface area contributed by atoms with Gasteiger partial charge in [-0.05, 0) is 0 Å². The molecule has 7 nitrogen and oxygen atoms in total. The van der Waals surface area contributed by atoms with Crippen molar-refractivity contribution in [2.45, 2.75) is 25.3 Å². The predicted molar refractivity (Wildman–Crippen MR) is 71.5 cm³/mol. The number of hydrogen-bond acceptors (Lipinski definition) is 2. The zero-order valence-corrected chi connectivity index (χ0v) is 11.8. The quantitative estimate of drug-likeness (QED) is 0.419. The fraction of sp³-hybridized carbons (Fsp3) is 0.500. The maximum atomic E-state index is 9.10. The molecular formula is C12H19CuN2O5+. The molecule has 0 saturated carbocycles. The van der Waals surface area contributed by atoms with E-state index in [0.29, 0.717) is 6.04 Å². The van der Waals surface area contributed by atoms with Crippen molar-refractivity contribution in [3.05, 3.63) is 34.6 Å². The van der Waals surface area contributed by atoms with Crippen molar-refractivity contribution in [2.75, 3.05) is 13.1 Å². The van der Waals surface area contributed by atoms with Crippen LogP contribution in [0.1, 0.15) is 19.3 Å². The van der Waals surface area contributed by atoms with Crippen LogP contribution in [0, 0.1) is 0 Å². The molecule has 0 aliphatic carbocycles. The van der Waals surface area contributed by atoms with E-state index in [1.165, 1.54) is 25.0 Å². The summed E-state index contributed by atoms with van der Waals surface area (Å²) < 4.78 is 0. The second kappa shape index (κ2) is 11.5. The van der Waals surface area contributed by atoms with Gasteiger partial charge in [0.25, 0.3) is 0 Å². The second-order valence-corrected chi connectivity index (χ2v) is 3.89. The van der Waals surface area contributed by atoms with Crippen molar-refractivity contribution in [1.82, 2.24) is 0 Å². The van der Waals surface area contributed by atoms with Crippen LogP contribution in [0.4, 0.5) is 0 Å². The molecule has 1 atom stereocenters. The molecule has 0 aromatic rings. The minimum absolute atomic E-state index is 0. The Labute approximate surface area is 127 Å². The number of piperidine rings is 1. The average molecular weight is 335 g/mol. The standard InChI is InChI=1S/C10H14N2.C2H2O4.Cu.H2O/c1-3-7-11-9(5-1)10-6-2-4-8-12-10;3-1(4)2(5)6;;/h1,3,5,10H,2,4,6-8H2;(H,3,4)(H,5,6);;1H2/q-2;;+2;/p+1. The van der Waals surface area contributed by atoms with Crippen LogP contribution >= 0.6 is 0 Å². The third-order valence-corrected chi connectivity index (χ3v) is 2.54. The van der Waals surface area contributed by atoms with E-state index in [1.807, 2.05) is 0 Å². The molecule has 2 heterocycles. The van der Waals surface area contributed by atoms with Crippen LogP contribution in [0.25, 0.3) is 10.6 Å². The SMILES string of the molecule is C1=CC[N-]C(C2CCCC[N-]2)=C1.O=C(O)C(=O)O.[Cu+2].[OH3+]. The number of carboxylic acids is 2. The molecule has 1 saturated heterocycles. The average Bonchev–Trinajstić information content (AvgIpc) is 2.41. The fourth-order valence-electron chi connectivity index (χ4n) is 1.68. The fourth-order valence-corrected chi connectivity index (χ4v) is 1.68. The van der Waals surface area contributed by atoms with E-state index < -0.39 is 11.9 Å². The van der Waals surface area contributed by atoms with Crippen LogP contribution in [0.5, 0.6) is 0 Å².